The van der Waals surface area contributed by atoms with E-state index in [0.29, 0.717) is 5.75 Å². The second-order valence-corrected chi connectivity index (χ2v) is 7.33. The van der Waals surface area contributed by atoms with Gasteiger partial charge >= 0.3 is 0 Å². The van der Waals surface area contributed by atoms with Crippen LogP contribution in [0, 0.1) is 12.8 Å². The fourth-order valence-electron chi connectivity index (χ4n) is 2.89. The normalized spacial score (nSPS) is 15.3. The maximum atomic E-state index is 12.9. The number of benzene rings is 1. The predicted octanol–water partition coefficient (Wildman–Crippen LogP) is 3.36. The summed E-state index contributed by atoms with van der Waals surface area (Å²) in [6, 6.07) is 6.63. The van der Waals surface area contributed by atoms with E-state index in [-0.39, 0.29) is 42.0 Å². The largest absolute Gasteiger partial charge is 0.491 e. The quantitative estimate of drug-likeness (QED) is 0.709. The van der Waals surface area contributed by atoms with Crippen LogP contribution in [0.2, 0.25) is 0 Å². The molecule has 2 atom stereocenters. The molecule has 1 aromatic heterocycles. The van der Waals surface area contributed by atoms with Gasteiger partial charge in [-0.2, -0.15) is 0 Å². The Morgan fingerprint density at radius 2 is 2.03 bits per heavy atom. The maximum absolute atomic E-state index is 12.9. The minimum atomic E-state index is -1.04. The molecule has 2 aromatic rings. The summed E-state index contributed by atoms with van der Waals surface area (Å²) in [5.74, 6) is 0.256. The van der Waals surface area contributed by atoms with Crippen molar-refractivity contribution in [1.29, 1.82) is 0 Å². The number of anilines is 1. The number of alkyl halides is 1. The number of nitrogens with one attached hydrogen (secondary N) is 2. The van der Waals surface area contributed by atoms with Crippen LogP contribution in [0.5, 0.6) is 5.75 Å². The molecule has 8 heteroatoms. The number of amides is 2. The van der Waals surface area contributed by atoms with Crippen LogP contribution < -0.4 is 15.4 Å². The molecule has 154 valence electrons. The summed E-state index contributed by atoms with van der Waals surface area (Å²) < 4.78 is 18.3. The van der Waals surface area contributed by atoms with E-state index in [9.17, 15) is 14.0 Å². The predicted molar refractivity (Wildman–Crippen MR) is 107 cm³/mol. The Labute approximate surface area is 169 Å². The number of hydrogen-bond donors (Lipinski definition) is 2. The lowest BCUT2D eigenvalue weighted by atomic mass is 10.0. The number of rotatable bonds is 8. The molecule has 0 bridgehead atoms. The Hall–Kier alpha value is -3.03. The molecule has 29 heavy (non-hydrogen) atoms. The standard InChI is InChI=1S/C21H25FN4O3/c1-12-10-16(29-11-13(2)22)6-7-17(12)14(3)24-20(28)18-8-9-23-21(25-18)26-19(27)15-4-5-15/h6-10,13-15H,4-5,11H2,1-3H3,(H,24,28)(H,23,25,26,27)/t13-,14?/m1/s1. The molecule has 3 rings (SSSR count). The molecule has 0 saturated heterocycles. The molecule has 0 spiro atoms. The van der Waals surface area contributed by atoms with Crippen molar-refractivity contribution >= 4 is 17.8 Å². The summed E-state index contributed by atoms with van der Waals surface area (Å²) in [5, 5.41) is 5.53. The summed E-state index contributed by atoms with van der Waals surface area (Å²) in [5.41, 5.74) is 2.00. The maximum Gasteiger partial charge on any atom is 0.270 e. The van der Waals surface area contributed by atoms with Crippen LogP contribution in [0.15, 0.2) is 30.5 Å². The summed E-state index contributed by atoms with van der Waals surface area (Å²) in [4.78, 5) is 32.6. The zero-order chi connectivity index (χ0) is 21.0. The van der Waals surface area contributed by atoms with Crippen LogP contribution in [-0.2, 0) is 4.79 Å². The van der Waals surface area contributed by atoms with Gasteiger partial charge in [0.05, 0.1) is 6.04 Å². The number of hydrogen-bond acceptors (Lipinski definition) is 5. The molecule has 2 N–H and O–H groups in total. The zero-order valence-corrected chi connectivity index (χ0v) is 16.7. The molecule has 1 aliphatic carbocycles. The minimum Gasteiger partial charge on any atom is -0.491 e. The molecular formula is C21H25FN4O3. The van der Waals surface area contributed by atoms with Crippen molar-refractivity contribution in [1.82, 2.24) is 15.3 Å². The smallest absolute Gasteiger partial charge is 0.270 e. The second kappa shape index (κ2) is 8.98. The van der Waals surface area contributed by atoms with E-state index in [4.69, 9.17) is 4.74 Å². The van der Waals surface area contributed by atoms with Crippen LogP contribution in [0.25, 0.3) is 0 Å². The fraction of sp³-hybridized carbons (Fsp3) is 0.429. The highest BCUT2D eigenvalue weighted by Crippen LogP contribution is 2.29. The number of aryl methyl sites for hydroxylation is 1. The number of aromatic nitrogens is 2. The highest BCUT2D eigenvalue weighted by Gasteiger charge is 2.30. The lowest BCUT2D eigenvalue weighted by molar-refractivity contribution is -0.117. The Morgan fingerprint density at radius 1 is 1.28 bits per heavy atom. The van der Waals surface area contributed by atoms with E-state index in [1.54, 1.807) is 6.07 Å². The second-order valence-electron chi connectivity index (χ2n) is 7.33. The number of nitrogens with zero attached hydrogens (tertiary/aromatic N) is 2. The number of carbonyl (C=O) groups is 2. The van der Waals surface area contributed by atoms with Gasteiger partial charge in [-0.1, -0.05) is 6.07 Å². The Bertz CT molecular complexity index is 899. The van der Waals surface area contributed by atoms with E-state index in [0.717, 1.165) is 24.0 Å². The molecule has 0 radical (unpaired) electrons. The number of ether oxygens (including phenoxy) is 1. The van der Waals surface area contributed by atoms with Crippen molar-refractivity contribution in [3.63, 3.8) is 0 Å². The van der Waals surface area contributed by atoms with Crippen LogP contribution in [-0.4, -0.2) is 34.6 Å². The molecule has 7 nitrogen and oxygen atoms in total. The lowest BCUT2D eigenvalue weighted by Gasteiger charge is -2.18. The van der Waals surface area contributed by atoms with Crippen molar-refractivity contribution in [2.24, 2.45) is 5.92 Å². The molecule has 1 fully saturated rings. The van der Waals surface area contributed by atoms with E-state index >= 15 is 0 Å². The van der Waals surface area contributed by atoms with Crippen LogP contribution >= 0.6 is 0 Å². The first-order valence-electron chi connectivity index (χ1n) is 9.65. The molecule has 1 aliphatic rings. The van der Waals surface area contributed by atoms with Crippen molar-refractivity contribution in [2.75, 3.05) is 11.9 Å². The van der Waals surface area contributed by atoms with E-state index in [2.05, 4.69) is 20.6 Å². The highest BCUT2D eigenvalue weighted by atomic mass is 19.1. The monoisotopic (exact) mass is 400 g/mol. The number of carbonyl (C=O) groups excluding carboxylic acids is 2. The van der Waals surface area contributed by atoms with E-state index in [1.165, 1.54) is 19.2 Å². The van der Waals surface area contributed by atoms with Crippen molar-refractivity contribution < 1.29 is 18.7 Å². The van der Waals surface area contributed by atoms with Gasteiger partial charge in [-0.05, 0) is 62.9 Å². The number of halogens is 1. The minimum absolute atomic E-state index is 0.00158. The third kappa shape index (κ3) is 5.73. The van der Waals surface area contributed by atoms with Crippen LogP contribution in [0.1, 0.15) is 54.3 Å². The van der Waals surface area contributed by atoms with Crippen LogP contribution in [0.3, 0.4) is 0 Å². The first-order valence-corrected chi connectivity index (χ1v) is 9.65. The lowest BCUT2D eigenvalue weighted by Crippen LogP contribution is -2.28. The molecule has 1 heterocycles. The molecule has 0 aliphatic heterocycles. The molecule has 2 amide bonds. The topological polar surface area (TPSA) is 93.2 Å². The first-order chi connectivity index (χ1) is 13.8. The molecule has 1 aromatic carbocycles. The fourth-order valence-corrected chi connectivity index (χ4v) is 2.89. The zero-order valence-electron chi connectivity index (χ0n) is 16.7. The van der Waals surface area contributed by atoms with Gasteiger partial charge in [-0.15, -0.1) is 0 Å². The van der Waals surface area contributed by atoms with Gasteiger partial charge in [0.15, 0.2) is 0 Å². The van der Waals surface area contributed by atoms with Gasteiger partial charge in [0, 0.05) is 12.1 Å². The summed E-state index contributed by atoms with van der Waals surface area (Å²) in [6.07, 6.45) is 2.15. The third-order valence-electron chi connectivity index (χ3n) is 4.61. The highest BCUT2D eigenvalue weighted by molar-refractivity contribution is 5.95. The van der Waals surface area contributed by atoms with Crippen LogP contribution in [0.4, 0.5) is 10.3 Å². The van der Waals surface area contributed by atoms with Gasteiger partial charge in [-0.3, -0.25) is 14.9 Å². The molecule has 1 saturated carbocycles. The van der Waals surface area contributed by atoms with Gasteiger partial charge in [0.2, 0.25) is 11.9 Å². The van der Waals surface area contributed by atoms with Gasteiger partial charge < -0.3 is 10.1 Å². The first kappa shape index (κ1) is 20.7. The van der Waals surface area contributed by atoms with Gasteiger partial charge in [-0.25, -0.2) is 14.4 Å². The molecular weight excluding hydrogens is 375 g/mol. The van der Waals surface area contributed by atoms with Crippen molar-refractivity contribution in [3.05, 3.63) is 47.3 Å². The van der Waals surface area contributed by atoms with Gasteiger partial charge in [0.25, 0.3) is 5.91 Å². The molecule has 1 unspecified atom stereocenters. The Morgan fingerprint density at radius 3 is 2.69 bits per heavy atom. The average molecular weight is 400 g/mol. The summed E-state index contributed by atoms with van der Waals surface area (Å²) >= 11 is 0. The van der Waals surface area contributed by atoms with Crippen molar-refractivity contribution in [3.8, 4) is 5.75 Å². The van der Waals surface area contributed by atoms with Gasteiger partial charge in [0.1, 0.15) is 24.2 Å². The summed E-state index contributed by atoms with van der Waals surface area (Å²) in [6.45, 7) is 5.20. The van der Waals surface area contributed by atoms with E-state index < -0.39 is 6.17 Å². The third-order valence-corrected chi connectivity index (χ3v) is 4.61. The van der Waals surface area contributed by atoms with E-state index in [1.807, 2.05) is 26.0 Å². The SMILES string of the molecule is Cc1cc(OC[C@@H](C)F)ccc1C(C)NC(=O)c1ccnc(NC(=O)C2CC2)n1. The Kier molecular flexibility index (Phi) is 6.41. The summed E-state index contributed by atoms with van der Waals surface area (Å²) in [7, 11) is 0. The average Bonchev–Trinajstić information content (AvgIpc) is 3.52. The van der Waals surface area contributed by atoms with Crippen molar-refractivity contribution in [2.45, 2.75) is 45.8 Å². The Balaban J connectivity index is 1.63.